The second-order valence-electron chi connectivity index (χ2n) is 6.00. The average Bonchev–Trinajstić information content (AvgIpc) is 2.49. The van der Waals surface area contributed by atoms with Gasteiger partial charge in [0.05, 0.1) is 11.7 Å². The van der Waals surface area contributed by atoms with Gasteiger partial charge in [-0.05, 0) is 55.0 Å². The summed E-state index contributed by atoms with van der Waals surface area (Å²) in [5, 5.41) is 12.2. The van der Waals surface area contributed by atoms with E-state index < -0.39 is 0 Å². The number of benzene rings is 1. The van der Waals surface area contributed by atoms with Crippen molar-refractivity contribution >= 4 is 5.82 Å². The molecular formula is C18H24FN3. The maximum absolute atomic E-state index is 13.1. The normalized spacial score (nSPS) is 12.5. The van der Waals surface area contributed by atoms with Crippen molar-refractivity contribution in [3.8, 4) is 0 Å². The van der Waals surface area contributed by atoms with Crippen LogP contribution in [0.5, 0.6) is 0 Å². The molecular weight excluding hydrogens is 277 g/mol. The highest BCUT2D eigenvalue weighted by Gasteiger charge is 2.16. The molecule has 1 aromatic heterocycles. The van der Waals surface area contributed by atoms with Gasteiger partial charge >= 0.3 is 0 Å². The first-order valence-corrected chi connectivity index (χ1v) is 7.79. The van der Waals surface area contributed by atoms with Crippen LogP contribution in [0.15, 0.2) is 24.3 Å². The number of rotatable bonds is 5. The summed E-state index contributed by atoms with van der Waals surface area (Å²) in [7, 11) is 0. The zero-order chi connectivity index (χ0) is 16.3. The van der Waals surface area contributed by atoms with Crippen LogP contribution in [0.1, 0.15) is 61.5 Å². The van der Waals surface area contributed by atoms with Gasteiger partial charge in [0, 0.05) is 0 Å². The molecule has 0 aliphatic rings. The molecule has 1 N–H and O–H groups in total. The molecule has 1 atom stereocenters. The first kappa shape index (κ1) is 16.4. The average molecular weight is 301 g/mol. The number of nitrogens with one attached hydrogen (secondary N) is 1. The van der Waals surface area contributed by atoms with Crippen molar-refractivity contribution in [2.45, 2.75) is 53.0 Å². The monoisotopic (exact) mass is 301 g/mol. The van der Waals surface area contributed by atoms with E-state index in [1.54, 1.807) is 0 Å². The molecule has 22 heavy (non-hydrogen) atoms. The molecule has 0 amide bonds. The third-order valence-electron chi connectivity index (χ3n) is 4.10. The fraction of sp³-hybridized carbons (Fsp3) is 0.444. The van der Waals surface area contributed by atoms with Crippen LogP contribution in [0, 0.1) is 19.7 Å². The number of halogens is 1. The van der Waals surface area contributed by atoms with Crippen molar-refractivity contribution in [2.75, 3.05) is 5.32 Å². The molecule has 0 radical (unpaired) electrons. The van der Waals surface area contributed by atoms with Crippen molar-refractivity contribution < 1.29 is 4.39 Å². The molecule has 2 aromatic rings. The first-order valence-electron chi connectivity index (χ1n) is 7.79. The summed E-state index contributed by atoms with van der Waals surface area (Å²) in [6.07, 6.45) is 0.887. The summed E-state index contributed by atoms with van der Waals surface area (Å²) >= 11 is 0. The second kappa shape index (κ2) is 6.86. The molecule has 118 valence electrons. The summed E-state index contributed by atoms with van der Waals surface area (Å²) in [5.41, 5.74) is 4.40. The van der Waals surface area contributed by atoms with Crippen LogP contribution in [0.4, 0.5) is 10.2 Å². The van der Waals surface area contributed by atoms with Gasteiger partial charge in [0.25, 0.3) is 0 Å². The van der Waals surface area contributed by atoms with Gasteiger partial charge in [-0.2, -0.15) is 5.10 Å². The lowest BCUT2D eigenvalue weighted by molar-refractivity contribution is 0.625. The van der Waals surface area contributed by atoms with Crippen molar-refractivity contribution in [1.82, 2.24) is 10.2 Å². The van der Waals surface area contributed by atoms with Crippen LogP contribution in [0.3, 0.4) is 0 Å². The summed E-state index contributed by atoms with van der Waals surface area (Å²) in [5.74, 6) is 0.948. The number of hydrogen-bond donors (Lipinski definition) is 1. The molecule has 2 rings (SSSR count). The van der Waals surface area contributed by atoms with Gasteiger partial charge in [-0.15, -0.1) is 5.10 Å². The van der Waals surface area contributed by atoms with Gasteiger partial charge in [-0.1, -0.05) is 32.9 Å². The molecule has 0 aliphatic heterocycles. The molecule has 3 nitrogen and oxygen atoms in total. The van der Waals surface area contributed by atoms with Gasteiger partial charge in [-0.25, -0.2) is 4.39 Å². The standard InChI is InChI=1S/C18H24FN3/c1-6-16(14-7-9-15(19)10-8-14)20-18-13(5)12(4)17(11(2)3)21-22-18/h7-11,16H,6H2,1-5H3,(H,20,22)/t16-/m0/s1. The molecule has 1 aromatic carbocycles. The summed E-state index contributed by atoms with van der Waals surface area (Å²) < 4.78 is 13.1. The van der Waals surface area contributed by atoms with E-state index in [2.05, 4.69) is 50.1 Å². The van der Waals surface area contributed by atoms with Crippen LogP contribution < -0.4 is 5.32 Å². The molecule has 0 fully saturated rings. The number of hydrogen-bond acceptors (Lipinski definition) is 3. The smallest absolute Gasteiger partial charge is 0.152 e. The van der Waals surface area contributed by atoms with E-state index in [4.69, 9.17) is 0 Å². The molecule has 0 saturated carbocycles. The lowest BCUT2D eigenvalue weighted by Crippen LogP contribution is -2.14. The highest BCUT2D eigenvalue weighted by atomic mass is 19.1. The zero-order valence-corrected chi connectivity index (χ0v) is 13.9. The van der Waals surface area contributed by atoms with Gasteiger partial charge < -0.3 is 5.32 Å². The van der Waals surface area contributed by atoms with Crippen molar-refractivity contribution in [2.24, 2.45) is 0 Å². The van der Waals surface area contributed by atoms with Crippen LogP contribution >= 0.6 is 0 Å². The Bertz CT molecular complexity index is 636. The fourth-order valence-corrected chi connectivity index (χ4v) is 2.59. The molecule has 0 unspecified atom stereocenters. The third-order valence-corrected chi connectivity index (χ3v) is 4.10. The Kier molecular flexibility index (Phi) is 5.11. The maximum atomic E-state index is 13.1. The van der Waals surface area contributed by atoms with E-state index in [-0.39, 0.29) is 11.9 Å². The highest BCUT2D eigenvalue weighted by Crippen LogP contribution is 2.27. The second-order valence-corrected chi connectivity index (χ2v) is 6.00. The summed E-state index contributed by atoms with van der Waals surface area (Å²) in [6, 6.07) is 6.71. The van der Waals surface area contributed by atoms with E-state index in [1.807, 2.05) is 12.1 Å². The molecule has 0 spiro atoms. The van der Waals surface area contributed by atoms with Gasteiger partial charge in [0.2, 0.25) is 0 Å². The minimum absolute atomic E-state index is 0.0953. The third kappa shape index (κ3) is 3.43. The van der Waals surface area contributed by atoms with Crippen molar-refractivity contribution in [3.63, 3.8) is 0 Å². The topological polar surface area (TPSA) is 37.8 Å². The van der Waals surface area contributed by atoms with E-state index in [0.29, 0.717) is 5.92 Å². The van der Waals surface area contributed by atoms with E-state index in [0.717, 1.165) is 29.1 Å². The lowest BCUT2D eigenvalue weighted by Gasteiger charge is -2.21. The summed E-state index contributed by atoms with van der Waals surface area (Å²) in [6.45, 7) is 10.5. The molecule has 1 heterocycles. The molecule has 4 heteroatoms. The van der Waals surface area contributed by atoms with Gasteiger partial charge in [-0.3, -0.25) is 0 Å². The van der Waals surface area contributed by atoms with E-state index in [1.165, 1.54) is 17.7 Å². The highest BCUT2D eigenvalue weighted by molar-refractivity contribution is 5.49. The summed E-state index contributed by atoms with van der Waals surface area (Å²) in [4.78, 5) is 0. The molecule has 0 bridgehead atoms. The zero-order valence-electron chi connectivity index (χ0n) is 13.9. The van der Waals surface area contributed by atoms with Crippen LogP contribution in [-0.2, 0) is 0 Å². The minimum atomic E-state index is -0.216. The van der Waals surface area contributed by atoms with Gasteiger partial charge in [0.15, 0.2) is 5.82 Å². The number of nitrogens with zero attached hydrogens (tertiary/aromatic N) is 2. The van der Waals surface area contributed by atoms with Crippen LogP contribution in [-0.4, -0.2) is 10.2 Å². The quantitative estimate of drug-likeness (QED) is 0.852. The van der Waals surface area contributed by atoms with Gasteiger partial charge in [0.1, 0.15) is 5.82 Å². The minimum Gasteiger partial charge on any atom is -0.362 e. The van der Waals surface area contributed by atoms with Crippen LogP contribution in [0.25, 0.3) is 0 Å². The van der Waals surface area contributed by atoms with Crippen molar-refractivity contribution in [3.05, 3.63) is 52.5 Å². The number of anilines is 1. The molecule has 0 saturated heterocycles. The molecule has 0 aliphatic carbocycles. The first-order chi connectivity index (χ1) is 10.4. The maximum Gasteiger partial charge on any atom is 0.152 e. The Hall–Kier alpha value is -1.97. The lowest BCUT2D eigenvalue weighted by atomic mass is 10.0. The Morgan fingerprint density at radius 3 is 2.23 bits per heavy atom. The Balaban J connectivity index is 2.28. The Morgan fingerprint density at radius 1 is 1.05 bits per heavy atom. The van der Waals surface area contributed by atoms with Crippen molar-refractivity contribution in [1.29, 1.82) is 0 Å². The largest absolute Gasteiger partial charge is 0.362 e. The fourth-order valence-electron chi connectivity index (χ4n) is 2.59. The Morgan fingerprint density at radius 2 is 1.68 bits per heavy atom. The Labute approximate surface area is 132 Å². The number of aromatic nitrogens is 2. The van der Waals surface area contributed by atoms with E-state index >= 15 is 0 Å². The SMILES string of the molecule is CC[C@H](Nc1nnc(C(C)C)c(C)c1C)c1ccc(F)cc1. The predicted molar refractivity (Wildman–Crippen MR) is 88.6 cm³/mol. The van der Waals surface area contributed by atoms with E-state index in [9.17, 15) is 4.39 Å². The predicted octanol–water partition coefficient (Wildman–Crippen LogP) is 4.92. The van der Waals surface area contributed by atoms with Crippen LogP contribution in [0.2, 0.25) is 0 Å².